The number of carbonyl (C=O) groups is 2. The number of hydrogen-bond acceptors (Lipinski definition) is 6. The van der Waals surface area contributed by atoms with Crippen molar-refractivity contribution in [2.75, 3.05) is 10.6 Å². The number of thiophene rings is 1. The Morgan fingerprint density at radius 1 is 1.23 bits per heavy atom. The quantitative estimate of drug-likeness (QED) is 0.333. The first-order valence-electron chi connectivity index (χ1n) is 11.1. The largest absolute Gasteiger partial charge is 0.320 e. The molecule has 11 heteroatoms. The van der Waals surface area contributed by atoms with E-state index in [0.717, 1.165) is 23.3 Å². The Labute approximate surface area is 211 Å². The van der Waals surface area contributed by atoms with Gasteiger partial charge in [-0.2, -0.15) is 5.10 Å². The van der Waals surface area contributed by atoms with Crippen LogP contribution in [0.3, 0.4) is 0 Å². The minimum Gasteiger partial charge on any atom is -0.320 e. The molecular weight excluding hydrogens is 490 g/mol. The lowest BCUT2D eigenvalue weighted by Crippen LogP contribution is -2.27. The maximum Gasteiger partial charge on any atom is 0.274 e. The number of non-ortho nitro benzene ring substituents is 1. The molecule has 1 aromatic carbocycles. The third-order valence-electron chi connectivity index (χ3n) is 6.41. The van der Waals surface area contributed by atoms with Gasteiger partial charge in [0.1, 0.15) is 10.7 Å². The van der Waals surface area contributed by atoms with Gasteiger partial charge in [0.05, 0.1) is 21.2 Å². The van der Waals surface area contributed by atoms with Crippen molar-refractivity contribution >= 4 is 51.1 Å². The van der Waals surface area contributed by atoms with Crippen molar-refractivity contribution in [1.29, 1.82) is 0 Å². The van der Waals surface area contributed by atoms with Gasteiger partial charge in [0.15, 0.2) is 0 Å². The number of rotatable bonds is 5. The third-order valence-corrected chi connectivity index (χ3v) is 7.91. The molecule has 35 heavy (non-hydrogen) atoms. The van der Waals surface area contributed by atoms with Gasteiger partial charge in [0.2, 0.25) is 0 Å². The number of hydrogen-bond donors (Lipinski definition) is 2. The topological polar surface area (TPSA) is 119 Å². The Morgan fingerprint density at radius 2 is 1.97 bits per heavy atom. The van der Waals surface area contributed by atoms with Crippen molar-refractivity contribution in [3.05, 3.63) is 67.3 Å². The van der Waals surface area contributed by atoms with E-state index in [1.165, 1.54) is 40.4 Å². The van der Waals surface area contributed by atoms with Crippen LogP contribution in [0.2, 0.25) is 5.02 Å². The molecule has 0 saturated carbocycles. The van der Waals surface area contributed by atoms with E-state index >= 15 is 0 Å². The first kappa shape index (κ1) is 24.9. The number of amides is 2. The molecule has 184 valence electrons. The molecule has 0 unspecified atom stereocenters. The van der Waals surface area contributed by atoms with Crippen molar-refractivity contribution in [3.8, 4) is 0 Å². The number of anilines is 2. The molecule has 2 N–H and O–H groups in total. The normalized spacial score (nSPS) is 15.4. The van der Waals surface area contributed by atoms with E-state index in [1.807, 2.05) is 0 Å². The monoisotopic (exact) mass is 515 g/mol. The predicted molar refractivity (Wildman–Crippen MR) is 137 cm³/mol. The number of halogens is 1. The minimum atomic E-state index is -0.551. The van der Waals surface area contributed by atoms with Crippen molar-refractivity contribution < 1.29 is 14.5 Å². The number of aromatic nitrogens is 2. The van der Waals surface area contributed by atoms with E-state index in [-0.39, 0.29) is 27.7 Å². The van der Waals surface area contributed by atoms with Crippen LogP contribution in [0.4, 0.5) is 16.4 Å². The Bertz CT molecular complexity index is 1320. The fourth-order valence-corrected chi connectivity index (χ4v) is 5.81. The molecule has 0 radical (unpaired) electrons. The van der Waals surface area contributed by atoms with E-state index in [4.69, 9.17) is 11.6 Å². The number of benzene rings is 1. The van der Waals surface area contributed by atoms with Crippen molar-refractivity contribution in [2.45, 2.75) is 40.0 Å². The molecule has 2 amide bonds. The highest BCUT2D eigenvalue weighted by atomic mass is 35.5. The highest BCUT2D eigenvalue weighted by Crippen LogP contribution is 2.44. The predicted octanol–water partition coefficient (Wildman–Crippen LogP) is 5.70. The first-order valence-corrected chi connectivity index (χ1v) is 12.3. The van der Waals surface area contributed by atoms with Gasteiger partial charge in [0, 0.05) is 30.3 Å². The molecular formula is C24H26ClN5O4S. The molecule has 2 heterocycles. The Morgan fingerprint density at radius 3 is 2.60 bits per heavy atom. The van der Waals surface area contributed by atoms with Crippen LogP contribution in [-0.2, 0) is 19.9 Å². The van der Waals surface area contributed by atoms with Gasteiger partial charge in [0.25, 0.3) is 17.5 Å². The van der Waals surface area contributed by atoms with Crippen LogP contribution in [0.1, 0.15) is 58.5 Å². The maximum atomic E-state index is 13.5. The number of fused-ring (bicyclic) bond motifs is 1. The molecule has 4 rings (SSSR count). The number of nitrogens with zero attached hydrogens (tertiary/aromatic N) is 3. The summed E-state index contributed by atoms with van der Waals surface area (Å²) in [6, 6.07) is 5.47. The molecule has 2 aromatic heterocycles. The van der Waals surface area contributed by atoms with E-state index in [1.54, 1.807) is 13.1 Å². The zero-order chi connectivity index (χ0) is 25.5. The molecule has 1 aliphatic carbocycles. The summed E-state index contributed by atoms with van der Waals surface area (Å²) in [5, 5.41) is 21.5. The summed E-state index contributed by atoms with van der Waals surface area (Å²) in [5.74, 6) is -0.408. The average molecular weight is 516 g/mol. The zero-order valence-electron chi connectivity index (χ0n) is 19.8. The van der Waals surface area contributed by atoms with Crippen LogP contribution in [0.15, 0.2) is 30.5 Å². The molecule has 0 aliphatic heterocycles. The van der Waals surface area contributed by atoms with E-state index < -0.39 is 10.8 Å². The van der Waals surface area contributed by atoms with Crippen molar-refractivity contribution in [3.63, 3.8) is 0 Å². The SMILES string of the molecule is Cn1nccc1C(=O)Nc1sc2c(c1C(=O)Nc1cc([N+](=O)[O-])ccc1Cl)CC[C@H](C(C)(C)C)C2. The van der Waals surface area contributed by atoms with Gasteiger partial charge in [-0.05, 0) is 48.3 Å². The van der Waals surface area contributed by atoms with Gasteiger partial charge in [-0.15, -0.1) is 11.3 Å². The van der Waals surface area contributed by atoms with Gasteiger partial charge < -0.3 is 10.6 Å². The lowest BCUT2D eigenvalue weighted by Gasteiger charge is -2.33. The smallest absolute Gasteiger partial charge is 0.274 e. The number of nitrogens with one attached hydrogen (secondary N) is 2. The van der Waals surface area contributed by atoms with Crippen LogP contribution in [0.25, 0.3) is 0 Å². The Kier molecular flexibility index (Phi) is 6.70. The summed E-state index contributed by atoms with van der Waals surface area (Å²) in [4.78, 5) is 38.2. The number of carbonyl (C=O) groups excluding carboxylic acids is 2. The lowest BCUT2D eigenvalue weighted by molar-refractivity contribution is -0.384. The van der Waals surface area contributed by atoms with Gasteiger partial charge >= 0.3 is 0 Å². The maximum absolute atomic E-state index is 13.5. The molecule has 1 atom stereocenters. The van der Waals surface area contributed by atoms with Crippen LogP contribution in [-0.4, -0.2) is 26.5 Å². The summed E-state index contributed by atoms with van der Waals surface area (Å²) in [6.07, 6.45) is 3.95. The van der Waals surface area contributed by atoms with Crippen LogP contribution < -0.4 is 10.6 Å². The number of nitro benzene ring substituents is 1. The van der Waals surface area contributed by atoms with Gasteiger partial charge in [-0.3, -0.25) is 24.4 Å². The van der Waals surface area contributed by atoms with Crippen molar-refractivity contribution in [2.24, 2.45) is 18.4 Å². The second-order valence-electron chi connectivity index (χ2n) is 9.68. The van der Waals surface area contributed by atoms with E-state index in [9.17, 15) is 19.7 Å². The molecule has 9 nitrogen and oxygen atoms in total. The Balaban J connectivity index is 1.72. The summed E-state index contributed by atoms with van der Waals surface area (Å²) in [5.41, 5.74) is 1.69. The molecule has 0 saturated heterocycles. The molecule has 0 fully saturated rings. The third kappa shape index (κ3) is 5.08. The summed E-state index contributed by atoms with van der Waals surface area (Å²) in [7, 11) is 1.67. The van der Waals surface area contributed by atoms with Crippen LogP contribution in [0, 0.1) is 21.4 Å². The van der Waals surface area contributed by atoms with Crippen molar-refractivity contribution in [1.82, 2.24) is 9.78 Å². The summed E-state index contributed by atoms with van der Waals surface area (Å²) < 4.78 is 1.46. The highest BCUT2D eigenvalue weighted by Gasteiger charge is 2.34. The first-order chi connectivity index (χ1) is 16.5. The molecule has 0 bridgehead atoms. The van der Waals surface area contributed by atoms with Gasteiger partial charge in [-0.1, -0.05) is 32.4 Å². The number of nitro groups is 1. The molecule has 1 aliphatic rings. The van der Waals surface area contributed by atoms with Crippen LogP contribution >= 0.6 is 22.9 Å². The summed E-state index contributed by atoms with van der Waals surface area (Å²) in [6.45, 7) is 6.62. The number of aryl methyl sites for hydroxylation is 1. The Hall–Kier alpha value is -3.24. The van der Waals surface area contributed by atoms with E-state index in [0.29, 0.717) is 28.6 Å². The summed E-state index contributed by atoms with van der Waals surface area (Å²) >= 11 is 7.61. The van der Waals surface area contributed by atoms with Gasteiger partial charge in [-0.25, -0.2) is 0 Å². The fourth-order valence-electron chi connectivity index (χ4n) is 4.32. The van der Waals surface area contributed by atoms with Crippen LogP contribution in [0.5, 0.6) is 0 Å². The lowest BCUT2D eigenvalue weighted by atomic mass is 9.72. The standard InChI is InChI=1S/C24H26ClN5O4S/c1-24(2,3)13-5-7-15-19(11-13)35-23(28-21(31)18-9-10-26-29(18)4)20(15)22(32)27-17-12-14(30(33)34)6-8-16(17)25/h6,8-10,12-13H,5,7,11H2,1-4H3,(H,27,32)(H,28,31)/t13-/m0/s1. The molecule has 3 aromatic rings. The fraction of sp³-hybridized carbons (Fsp3) is 0.375. The zero-order valence-corrected chi connectivity index (χ0v) is 21.4. The second kappa shape index (κ2) is 9.43. The van der Waals surface area contributed by atoms with E-state index in [2.05, 4.69) is 36.5 Å². The average Bonchev–Trinajstić information content (AvgIpc) is 3.36. The molecule has 0 spiro atoms. The second-order valence-corrected chi connectivity index (χ2v) is 11.2. The minimum absolute atomic E-state index is 0.110. The highest BCUT2D eigenvalue weighted by molar-refractivity contribution is 7.17.